The fraction of sp³-hybridized carbons (Fsp3) is 0.522. The van der Waals surface area contributed by atoms with Gasteiger partial charge in [0.05, 0.1) is 30.4 Å². The second-order valence-corrected chi connectivity index (χ2v) is 9.37. The van der Waals surface area contributed by atoms with Crippen molar-refractivity contribution >= 4 is 11.5 Å². The first kappa shape index (κ1) is 24.2. The van der Waals surface area contributed by atoms with Crippen LogP contribution in [0.15, 0.2) is 29.1 Å². The van der Waals surface area contributed by atoms with Gasteiger partial charge in [0.1, 0.15) is 6.54 Å². The molecule has 0 bridgehead atoms. The molecule has 1 aliphatic rings. The molecule has 10 nitrogen and oxygen atoms in total. The zero-order chi connectivity index (χ0) is 25.4. The summed E-state index contributed by atoms with van der Waals surface area (Å²) in [6.45, 7) is 3.49. The fourth-order valence-electron chi connectivity index (χ4n) is 4.72. The third kappa shape index (κ3) is 5.35. The van der Waals surface area contributed by atoms with Gasteiger partial charge in [-0.2, -0.15) is 18.3 Å². The Labute approximate surface area is 204 Å². The number of alkyl halides is 3. The van der Waals surface area contributed by atoms with E-state index >= 15 is 0 Å². The molecular formula is C23H27F3N8O2. The Bertz CT molecular complexity index is 1340. The Balaban J connectivity index is 1.48. The average Bonchev–Trinajstić information content (AvgIpc) is 3.52. The van der Waals surface area contributed by atoms with Crippen molar-refractivity contribution in [1.82, 2.24) is 34.6 Å². The molecule has 0 aliphatic heterocycles. The number of anilines is 1. The van der Waals surface area contributed by atoms with E-state index in [1.54, 1.807) is 28.5 Å². The van der Waals surface area contributed by atoms with E-state index in [-0.39, 0.29) is 18.0 Å². The number of aliphatic hydroxyl groups excluding tert-OH is 1. The third-order valence-corrected chi connectivity index (χ3v) is 6.38. The number of rotatable bonds is 7. The van der Waals surface area contributed by atoms with Gasteiger partial charge in [-0.25, -0.2) is 9.50 Å². The molecule has 2 N–H and O–H groups in total. The summed E-state index contributed by atoms with van der Waals surface area (Å²) in [5.74, 6) is 1.20. The lowest BCUT2D eigenvalue weighted by molar-refractivity contribution is -0.136. The molecule has 5 rings (SSSR count). The number of hydrogen-bond acceptors (Lipinski definition) is 8. The molecule has 1 saturated carbocycles. The highest BCUT2D eigenvalue weighted by molar-refractivity contribution is 5.81. The standard InChI is InChI=1S/C23H27F3N8O2/c1-13(8-23(24,25)26)29-22-27-10-20-18(7-19(34(20)32-22)15-3-5-17(35)6-4-15)16-9-28-33(11-16)12-21-31-30-14(2)36-21/h7,9-11,13,15,17,35H,3-6,8,12H2,1-2H3,(H,29,32)/t13-,15?,17?/m0/s1. The van der Waals surface area contributed by atoms with Crippen LogP contribution in [0.3, 0.4) is 0 Å². The van der Waals surface area contributed by atoms with Crippen molar-refractivity contribution in [2.24, 2.45) is 0 Å². The quantitative estimate of drug-likeness (QED) is 0.386. The van der Waals surface area contributed by atoms with Crippen molar-refractivity contribution in [3.8, 4) is 11.1 Å². The van der Waals surface area contributed by atoms with Crippen molar-refractivity contribution in [3.63, 3.8) is 0 Å². The van der Waals surface area contributed by atoms with Crippen LogP contribution in [0.2, 0.25) is 0 Å². The number of nitrogens with zero attached hydrogens (tertiary/aromatic N) is 7. The van der Waals surface area contributed by atoms with Crippen LogP contribution in [-0.2, 0) is 6.54 Å². The molecule has 1 atom stereocenters. The molecule has 0 radical (unpaired) electrons. The van der Waals surface area contributed by atoms with Gasteiger partial charge in [-0.1, -0.05) is 0 Å². The van der Waals surface area contributed by atoms with Gasteiger partial charge in [0.15, 0.2) is 0 Å². The van der Waals surface area contributed by atoms with Crippen molar-refractivity contribution in [2.75, 3.05) is 5.32 Å². The Kier molecular flexibility index (Phi) is 6.41. The molecular weight excluding hydrogens is 477 g/mol. The average molecular weight is 505 g/mol. The van der Waals surface area contributed by atoms with Gasteiger partial charge < -0.3 is 14.8 Å². The summed E-state index contributed by atoms with van der Waals surface area (Å²) in [5, 5.41) is 29.6. The SMILES string of the molecule is Cc1nnc(Cn2cc(-c3cc(C4CCC(O)CC4)n4nc(N[C@@H](C)CC(F)(F)F)ncc34)cn2)o1. The van der Waals surface area contributed by atoms with Crippen LogP contribution >= 0.6 is 0 Å². The smallest absolute Gasteiger partial charge is 0.391 e. The lowest BCUT2D eigenvalue weighted by Crippen LogP contribution is -2.25. The van der Waals surface area contributed by atoms with Gasteiger partial charge in [0, 0.05) is 41.9 Å². The topological polar surface area (TPSA) is 119 Å². The van der Waals surface area contributed by atoms with E-state index in [0.717, 1.165) is 35.2 Å². The molecule has 0 spiro atoms. The Morgan fingerprint density at radius 3 is 2.67 bits per heavy atom. The van der Waals surface area contributed by atoms with Gasteiger partial charge in [-0.05, 0) is 38.7 Å². The minimum atomic E-state index is -4.29. The first-order chi connectivity index (χ1) is 17.1. The predicted molar refractivity (Wildman–Crippen MR) is 123 cm³/mol. The maximum absolute atomic E-state index is 12.8. The number of fused-ring (bicyclic) bond motifs is 1. The van der Waals surface area contributed by atoms with Crippen LogP contribution in [0.25, 0.3) is 16.6 Å². The molecule has 0 unspecified atom stereocenters. The number of halogens is 3. The molecule has 0 aromatic carbocycles. The van der Waals surface area contributed by atoms with Crippen LogP contribution in [0.5, 0.6) is 0 Å². The van der Waals surface area contributed by atoms with Crippen LogP contribution in [0, 0.1) is 6.92 Å². The summed E-state index contributed by atoms with van der Waals surface area (Å²) in [6, 6.07) is 1.16. The summed E-state index contributed by atoms with van der Waals surface area (Å²) >= 11 is 0. The van der Waals surface area contributed by atoms with Crippen LogP contribution in [0.1, 0.15) is 62.4 Å². The molecule has 192 valence electrons. The molecule has 36 heavy (non-hydrogen) atoms. The Hall–Kier alpha value is -3.48. The number of aliphatic hydroxyl groups is 1. The van der Waals surface area contributed by atoms with E-state index in [1.165, 1.54) is 6.92 Å². The molecule has 0 saturated heterocycles. The molecule has 4 aromatic rings. The zero-order valence-electron chi connectivity index (χ0n) is 19.9. The maximum atomic E-state index is 12.8. The molecule has 13 heteroatoms. The monoisotopic (exact) mass is 504 g/mol. The third-order valence-electron chi connectivity index (χ3n) is 6.38. The highest BCUT2D eigenvalue weighted by Gasteiger charge is 2.31. The number of aromatic nitrogens is 7. The van der Waals surface area contributed by atoms with Crippen molar-refractivity contribution in [2.45, 2.75) is 76.7 Å². The summed E-state index contributed by atoms with van der Waals surface area (Å²) in [5.41, 5.74) is 3.35. The molecule has 4 aromatic heterocycles. The fourth-order valence-corrected chi connectivity index (χ4v) is 4.72. The van der Waals surface area contributed by atoms with Crippen LogP contribution < -0.4 is 5.32 Å². The molecule has 0 amide bonds. The van der Waals surface area contributed by atoms with Gasteiger partial charge in [0.25, 0.3) is 0 Å². The van der Waals surface area contributed by atoms with E-state index in [2.05, 4.69) is 30.7 Å². The van der Waals surface area contributed by atoms with Gasteiger partial charge in [-0.15, -0.1) is 15.3 Å². The van der Waals surface area contributed by atoms with E-state index in [1.807, 2.05) is 12.3 Å². The Morgan fingerprint density at radius 1 is 1.19 bits per heavy atom. The van der Waals surface area contributed by atoms with Crippen molar-refractivity contribution in [3.05, 3.63) is 42.1 Å². The molecule has 1 fully saturated rings. The van der Waals surface area contributed by atoms with Gasteiger partial charge in [0.2, 0.25) is 17.7 Å². The lowest BCUT2D eigenvalue weighted by Gasteiger charge is -2.25. The summed E-state index contributed by atoms with van der Waals surface area (Å²) in [4.78, 5) is 4.30. The number of aryl methyl sites for hydroxylation is 1. The van der Waals surface area contributed by atoms with E-state index in [9.17, 15) is 18.3 Å². The largest absolute Gasteiger partial charge is 0.424 e. The van der Waals surface area contributed by atoms with E-state index < -0.39 is 18.6 Å². The highest BCUT2D eigenvalue weighted by atomic mass is 19.4. The minimum absolute atomic E-state index is 0.126. The minimum Gasteiger partial charge on any atom is -0.424 e. The lowest BCUT2D eigenvalue weighted by atomic mass is 9.85. The number of hydrogen-bond donors (Lipinski definition) is 2. The normalized spacial score (nSPS) is 19.6. The van der Waals surface area contributed by atoms with Crippen molar-refractivity contribution in [1.29, 1.82) is 0 Å². The zero-order valence-corrected chi connectivity index (χ0v) is 19.9. The summed E-state index contributed by atoms with van der Waals surface area (Å²) < 4.78 is 47.3. The maximum Gasteiger partial charge on any atom is 0.391 e. The number of nitrogens with one attached hydrogen (secondary N) is 1. The highest BCUT2D eigenvalue weighted by Crippen LogP contribution is 2.37. The summed E-state index contributed by atoms with van der Waals surface area (Å²) in [6.07, 6.45) is 2.58. The molecule has 1 aliphatic carbocycles. The predicted octanol–water partition coefficient (Wildman–Crippen LogP) is 4.10. The van der Waals surface area contributed by atoms with E-state index in [0.29, 0.717) is 31.2 Å². The van der Waals surface area contributed by atoms with Gasteiger partial charge >= 0.3 is 6.18 Å². The first-order valence-corrected chi connectivity index (χ1v) is 11.9. The first-order valence-electron chi connectivity index (χ1n) is 11.9. The Morgan fingerprint density at radius 2 is 1.97 bits per heavy atom. The van der Waals surface area contributed by atoms with Crippen LogP contribution in [0.4, 0.5) is 19.1 Å². The van der Waals surface area contributed by atoms with Gasteiger partial charge in [-0.3, -0.25) is 4.68 Å². The second-order valence-electron chi connectivity index (χ2n) is 9.37. The molecule has 4 heterocycles. The van der Waals surface area contributed by atoms with Crippen molar-refractivity contribution < 1.29 is 22.7 Å². The summed E-state index contributed by atoms with van der Waals surface area (Å²) in [7, 11) is 0. The second kappa shape index (κ2) is 9.52. The van der Waals surface area contributed by atoms with E-state index in [4.69, 9.17) is 4.42 Å². The van der Waals surface area contributed by atoms with Crippen LogP contribution in [-0.4, -0.2) is 58.0 Å².